The molecular weight excluding hydrogens is 440 g/mol. The molecule has 5 N–H and O–H groups in total. The Morgan fingerprint density at radius 3 is 2.18 bits per heavy atom. The fourth-order valence-corrected chi connectivity index (χ4v) is 3.73. The van der Waals surface area contributed by atoms with Crippen molar-refractivity contribution in [3.8, 4) is 0 Å². The first-order valence-corrected chi connectivity index (χ1v) is 11.0. The molecule has 1 aliphatic carbocycles. The van der Waals surface area contributed by atoms with Gasteiger partial charge in [0.15, 0.2) is 0 Å². The average molecular weight is 471 g/mol. The van der Waals surface area contributed by atoms with Crippen LogP contribution < -0.4 is 10.6 Å². The number of anilines is 1. The molecule has 9 heteroatoms. The number of fused-ring (bicyclic) bond motifs is 1. The molecule has 0 aromatic heterocycles. The number of rotatable bonds is 12. The number of aliphatic hydroxyl groups is 1. The smallest absolute Gasteiger partial charge is 0.303 e. The van der Waals surface area contributed by atoms with Gasteiger partial charge in [-0.15, -0.1) is 0 Å². The first kappa shape index (κ1) is 26.5. The van der Waals surface area contributed by atoms with Crippen molar-refractivity contribution < 1.29 is 34.5 Å². The van der Waals surface area contributed by atoms with Crippen LogP contribution in [0.3, 0.4) is 0 Å². The maximum atomic E-state index is 12.2. The van der Waals surface area contributed by atoms with E-state index < -0.39 is 17.9 Å². The number of allylic oxidation sites excluding steroid dienone is 3. The summed E-state index contributed by atoms with van der Waals surface area (Å²) in [5.41, 5.74) is 4.05. The molecule has 0 heterocycles. The number of hydrogen-bond acceptors (Lipinski definition) is 5. The first-order chi connectivity index (χ1) is 16.2. The average Bonchev–Trinajstić information content (AvgIpc) is 3.02. The number of benzene rings is 1. The van der Waals surface area contributed by atoms with Crippen molar-refractivity contribution in [1.29, 1.82) is 0 Å². The molecule has 1 aromatic carbocycles. The predicted octanol–water partition coefficient (Wildman–Crippen LogP) is 3.18. The summed E-state index contributed by atoms with van der Waals surface area (Å²) < 4.78 is 0. The summed E-state index contributed by atoms with van der Waals surface area (Å²) in [6, 6.07) is 5.28. The number of amides is 2. The van der Waals surface area contributed by atoms with Crippen LogP contribution in [0.2, 0.25) is 0 Å². The van der Waals surface area contributed by atoms with Crippen LogP contribution in [0.5, 0.6) is 0 Å². The van der Waals surface area contributed by atoms with E-state index in [-0.39, 0.29) is 56.9 Å². The Bertz CT molecular complexity index is 1040. The number of aliphatic carboxylic acids is 2. The Morgan fingerprint density at radius 2 is 1.62 bits per heavy atom. The standard InChI is InChI=1S/C25H30N2O7/c1-3-16(26-22(29)6-4-8-24(31)32)12-19-15(2)18-11-10-17(13-20(18)21(19)14-28)27-23(30)7-5-9-25(33)34/h3,10-13,21,28H,2,4-9,14H2,1H3,(H,26,29)(H,27,30)(H,31,32)(H,33,34)/b16-3+,19-12+. The lowest BCUT2D eigenvalue weighted by Gasteiger charge is -2.13. The van der Waals surface area contributed by atoms with Crippen LogP contribution in [-0.2, 0) is 19.2 Å². The molecule has 0 saturated carbocycles. The first-order valence-electron chi connectivity index (χ1n) is 11.0. The van der Waals surface area contributed by atoms with Crippen LogP contribution in [0, 0.1) is 0 Å². The fraction of sp³-hybridized carbons (Fsp3) is 0.360. The molecule has 0 fully saturated rings. The molecule has 0 spiro atoms. The minimum atomic E-state index is -0.956. The van der Waals surface area contributed by atoms with Gasteiger partial charge in [0, 0.05) is 43.0 Å². The van der Waals surface area contributed by atoms with E-state index in [0.717, 1.165) is 16.7 Å². The SMILES string of the molecule is C=C1/C(=C\C(=C/C)NC(=O)CCCC(=O)O)C(CO)c2cc(NC(=O)CCCC(=O)O)ccc21. The lowest BCUT2D eigenvalue weighted by molar-refractivity contribution is -0.138. The van der Waals surface area contributed by atoms with Crippen molar-refractivity contribution in [2.24, 2.45) is 0 Å². The van der Waals surface area contributed by atoms with Gasteiger partial charge in [-0.1, -0.05) is 18.7 Å². The largest absolute Gasteiger partial charge is 0.481 e. The van der Waals surface area contributed by atoms with Crippen molar-refractivity contribution >= 4 is 35.0 Å². The van der Waals surface area contributed by atoms with Gasteiger partial charge < -0.3 is 26.0 Å². The quantitative estimate of drug-likeness (QED) is 0.314. The number of aliphatic hydroxyl groups excluding tert-OH is 1. The van der Waals surface area contributed by atoms with Crippen LogP contribution in [0.1, 0.15) is 62.5 Å². The minimum absolute atomic E-state index is 0.0763. The second kappa shape index (κ2) is 12.5. The highest BCUT2D eigenvalue weighted by molar-refractivity contribution is 5.93. The highest BCUT2D eigenvalue weighted by atomic mass is 16.4. The van der Waals surface area contributed by atoms with Crippen molar-refractivity contribution in [2.75, 3.05) is 11.9 Å². The second-order valence-electron chi connectivity index (χ2n) is 7.95. The number of carboxylic acids is 2. The van der Waals surface area contributed by atoms with Gasteiger partial charge in [-0.2, -0.15) is 0 Å². The molecule has 1 aromatic rings. The van der Waals surface area contributed by atoms with Gasteiger partial charge in [-0.05, 0) is 60.2 Å². The zero-order valence-corrected chi connectivity index (χ0v) is 19.1. The molecule has 1 aliphatic rings. The van der Waals surface area contributed by atoms with Gasteiger partial charge in [0.25, 0.3) is 0 Å². The summed E-state index contributed by atoms with van der Waals surface area (Å²) in [4.78, 5) is 45.5. The number of carbonyl (C=O) groups excluding carboxylic acids is 2. The summed E-state index contributed by atoms with van der Waals surface area (Å²) in [5, 5.41) is 33.0. The summed E-state index contributed by atoms with van der Waals surface area (Å²) in [6.45, 7) is 5.67. The number of carbonyl (C=O) groups is 4. The molecule has 9 nitrogen and oxygen atoms in total. The molecule has 1 unspecified atom stereocenters. The van der Waals surface area contributed by atoms with E-state index >= 15 is 0 Å². The Labute approximate surface area is 197 Å². The topological polar surface area (TPSA) is 153 Å². The number of nitrogens with one attached hydrogen (secondary N) is 2. The highest BCUT2D eigenvalue weighted by Crippen LogP contribution is 2.45. The third-order valence-electron chi connectivity index (χ3n) is 5.44. The maximum absolute atomic E-state index is 12.2. The van der Waals surface area contributed by atoms with Gasteiger partial charge >= 0.3 is 11.9 Å². The lowest BCUT2D eigenvalue weighted by atomic mass is 9.96. The molecule has 0 bridgehead atoms. The van der Waals surface area contributed by atoms with E-state index in [2.05, 4.69) is 17.2 Å². The van der Waals surface area contributed by atoms with E-state index in [4.69, 9.17) is 10.2 Å². The van der Waals surface area contributed by atoms with E-state index in [1.807, 2.05) is 0 Å². The van der Waals surface area contributed by atoms with Crippen molar-refractivity contribution in [3.63, 3.8) is 0 Å². The molecule has 34 heavy (non-hydrogen) atoms. The summed E-state index contributed by atoms with van der Waals surface area (Å²) in [7, 11) is 0. The van der Waals surface area contributed by atoms with E-state index in [1.165, 1.54) is 0 Å². The lowest BCUT2D eigenvalue weighted by Crippen LogP contribution is -2.22. The van der Waals surface area contributed by atoms with E-state index in [9.17, 15) is 24.3 Å². The summed E-state index contributed by atoms with van der Waals surface area (Å²) >= 11 is 0. The predicted molar refractivity (Wildman–Crippen MR) is 127 cm³/mol. The Morgan fingerprint density at radius 1 is 1.00 bits per heavy atom. The third kappa shape index (κ3) is 7.41. The van der Waals surface area contributed by atoms with E-state index in [1.54, 1.807) is 37.3 Å². The van der Waals surface area contributed by atoms with E-state index in [0.29, 0.717) is 17.0 Å². The Hall–Kier alpha value is -3.72. The van der Waals surface area contributed by atoms with Crippen molar-refractivity contribution in [1.82, 2.24) is 5.32 Å². The Kier molecular flexibility index (Phi) is 9.76. The Balaban J connectivity index is 2.14. The van der Waals surface area contributed by atoms with Crippen LogP contribution >= 0.6 is 0 Å². The summed E-state index contributed by atoms with van der Waals surface area (Å²) in [6.07, 6.45) is 3.91. The van der Waals surface area contributed by atoms with Gasteiger partial charge in [0.1, 0.15) is 0 Å². The van der Waals surface area contributed by atoms with Crippen LogP contribution in [0.15, 0.2) is 48.2 Å². The number of hydrogen-bond donors (Lipinski definition) is 5. The van der Waals surface area contributed by atoms with Gasteiger partial charge in [0.2, 0.25) is 11.8 Å². The molecule has 2 amide bonds. The zero-order valence-electron chi connectivity index (χ0n) is 19.1. The molecule has 182 valence electrons. The van der Waals surface area contributed by atoms with Crippen LogP contribution in [0.25, 0.3) is 5.57 Å². The number of carboxylic acid groups (broad SMARTS) is 2. The molecule has 2 rings (SSSR count). The molecule has 0 saturated heterocycles. The second-order valence-corrected chi connectivity index (χ2v) is 7.95. The maximum Gasteiger partial charge on any atom is 0.303 e. The molecule has 0 aliphatic heterocycles. The zero-order chi connectivity index (χ0) is 25.3. The molecule has 1 atom stereocenters. The monoisotopic (exact) mass is 470 g/mol. The molecular formula is C25H30N2O7. The fourth-order valence-electron chi connectivity index (χ4n) is 3.73. The highest BCUT2D eigenvalue weighted by Gasteiger charge is 2.30. The van der Waals surface area contributed by atoms with Gasteiger partial charge in [-0.25, -0.2) is 0 Å². The normalized spacial score (nSPS) is 16.3. The molecule has 0 radical (unpaired) electrons. The van der Waals surface area contributed by atoms with Gasteiger partial charge in [-0.3, -0.25) is 19.2 Å². The third-order valence-corrected chi connectivity index (χ3v) is 5.44. The summed E-state index contributed by atoms with van der Waals surface area (Å²) in [5.74, 6) is -2.92. The van der Waals surface area contributed by atoms with Crippen molar-refractivity contribution in [2.45, 2.75) is 51.4 Å². The minimum Gasteiger partial charge on any atom is -0.481 e. The van der Waals surface area contributed by atoms with Gasteiger partial charge in [0.05, 0.1) is 6.61 Å². The van der Waals surface area contributed by atoms with Crippen molar-refractivity contribution in [3.05, 3.63) is 59.3 Å². The van der Waals surface area contributed by atoms with Crippen LogP contribution in [0.4, 0.5) is 5.69 Å². The van der Waals surface area contributed by atoms with Crippen LogP contribution in [-0.4, -0.2) is 45.7 Å².